The van der Waals surface area contributed by atoms with Crippen LogP contribution in [0, 0.1) is 13.8 Å². The van der Waals surface area contributed by atoms with Crippen molar-refractivity contribution >= 4 is 27.5 Å². The van der Waals surface area contributed by atoms with Crippen LogP contribution in [-0.2, 0) is 11.3 Å². The van der Waals surface area contributed by atoms with Crippen molar-refractivity contribution < 1.29 is 9.90 Å². The minimum absolute atomic E-state index is 0.101. The molecule has 6 nitrogen and oxygen atoms in total. The first-order chi connectivity index (χ1) is 9.88. The van der Waals surface area contributed by atoms with E-state index in [1.54, 1.807) is 0 Å². The summed E-state index contributed by atoms with van der Waals surface area (Å²) < 4.78 is 0. The third-order valence-corrected chi connectivity index (χ3v) is 4.54. The van der Waals surface area contributed by atoms with Crippen molar-refractivity contribution in [1.82, 2.24) is 14.9 Å². The smallest absolute Gasteiger partial charge is 0.303 e. The van der Waals surface area contributed by atoms with E-state index in [4.69, 9.17) is 5.11 Å². The number of nitrogens with zero attached hydrogens (tertiary/aromatic N) is 2. The third-order valence-electron chi connectivity index (χ3n) is 3.44. The number of thiophene rings is 1. The Bertz CT molecular complexity index is 720. The molecule has 0 aromatic carbocycles. The maximum Gasteiger partial charge on any atom is 0.303 e. The van der Waals surface area contributed by atoms with Gasteiger partial charge in [0.2, 0.25) is 0 Å². The molecular weight excluding hydrogens is 290 g/mol. The normalized spacial score (nSPS) is 11.4. The Morgan fingerprint density at radius 3 is 2.81 bits per heavy atom. The lowest BCUT2D eigenvalue weighted by atomic mass is 10.2. The van der Waals surface area contributed by atoms with Gasteiger partial charge in [-0.3, -0.25) is 14.5 Å². The number of rotatable bonds is 6. The molecule has 0 aliphatic rings. The Balaban J connectivity index is 2.12. The number of aryl methyl sites for hydroxylation is 2. The van der Waals surface area contributed by atoms with E-state index in [1.165, 1.54) is 11.3 Å². The summed E-state index contributed by atoms with van der Waals surface area (Å²) in [6.07, 6.45) is 0.728. The van der Waals surface area contributed by atoms with Crippen LogP contribution in [0.3, 0.4) is 0 Å². The molecule has 0 radical (unpaired) electrons. The van der Waals surface area contributed by atoms with Crippen LogP contribution in [0.2, 0.25) is 0 Å². The van der Waals surface area contributed by atoms with Gasteiger partial charge in [-0.1, -0.05) is 0 Å². The molecule has 0 unspecified atom stereocenters. The highest BCUT2D eigenvalue weighted by atomic mass is 32.1. The van der Waals surface area contributed by atoms with Gasteiger partial charge in [0, 0.05) is 11.3 Å². The predicted octanol–water partition coefficient (Wildman–Crippen LogP) is 1.90. The lowest BCUT2D eigenvalue weighted by molar-refractivity contribution is -0.137. The van der Waals surface area contributed by atoms with Gasteiger partial charge in [-0.2, -0.15) is 0 Å². The molecule has 0 amide bonds. The average molecular weight is 309 g/mol. The van der Waals surface area contributed by atoms with Crippen LogP contribution < -0.4 is 5.56 Å². The summed E-state index contributed by atoms with van der Waals surface area (Å²) in [6, 6.07) is 0. The van der Waals surface area contributed by atoms with Gasteiger partial charge in [0.1, 0.15) is 10.7 Å². The lowest BCUT2D eigenvalue weighted by Gasteiger charge is -2.15. The van der Waals surface area contributed by atoms with Crippen LogP contribution in [0.1, 0.15) is 29.1 Å². The highest BCUT2D eigenvalue weighted by Crippen LogP contribution is 2.25. The zero-order chi connectivity index (χ0) is 15.6. The second kappa shape index (κ2) is 6.36. The van der Waals surface area contributed by atoms with E-state index in [1.807, 2.05) is 25.8 Å². The number of carbonyl (C=O) groups is 1. The van der Waals surface area contributed by atoms with Gasteiger partial charge in [-0.15, -0.1) is 11.3 Å². The van der Waals surface area contributed by atoms with Crippen LogP contribution in [0.5, 0.6) is 0 Å². The Hall–Kier alpha value is -1.73. The largest absolute Gasteiger partial charge is 0.481 e. The molecule has 2 rings (SSSR count). The van der Waals surface area contributed by atoms with Crippen molar-refractivity contribution in [2.24, 2.45) is 0 Å². The molecule has 114 valence electrons. The van der Waals surface area contributed by atoms with Crippen molar-refractivity contribution in [2.45, 2.75) is 33.2 Å². The van der Waals surface area contributed by atoms with Crippen molar-refractivity contribution in [3.63, 3.8) is 0 Å². The van der Waals surface area contributed by atoms with E-state index in [2.05, 4.69) is 9.97 Å². The van der Waals surface area contributed by atoms with Crippen molar-refractivity contribution in [3.8, 4) is 0 Å². The number of hydrogen-bond donors (Lipinski definition) is 2. The van der Waals surface area contributed by atoms with Crippen molar-refractivity contribution in [1.29, 1.82) is 0 Å². The van der Waals surface area contributed by atoms with Gasteiger partial charge >= 0.3 is 5.97 Å². The summed E-state index contributed by atoms with van der Waals surface area (Å²) in [5.74, 6) is -0.174. The van der Waals surface area contributed by atoms with Gasteiger partial charge in [0.15, 0.2) is 0 Å². The first-order valence-electron chi connectivity index (χ1n) is 6.77. The standard InChI is InChI=1S/C14H19N3O3S/c1-8-9(2)21-14-12(8)13(20)15-10(16-14)7-17(3)6-4-5-11(18)19/h4-7H2,1-3H3,(H,18,19)(H,15,16,20). The zero-order valence-corrected chi connectivity index (χ0v) is 13.2. The first kappa shape index (κ1) is 15.7. The monoisotopic (exact) mass is 309 g/mol. The molecule has 0 spiro atoms. The molecule has 0 saturated heterocycles. The summed E-state index contributed by atoms with van der Waals surface area (Å²) >= 11 is 1.53. The van der Waals surface area contributed by atoms with E-state index in [-0.39, 0.29) is 12.0 Å². The Morgan fingerprint density at radius 1 is 1.43 bits per heavy atom. The quantitative estimate of drug-likeness (QED) is 0.851. The van der Waals surface area contributed by atoms with Gasteiger partial charge in [-0.05, 0) is 39.4 Å². The summed E-state index contributed by atoms with van der Waals surface area (Å²) in [7, 11) is 1.89. The summed E-state index contributed by atoms with van der Waals surface area (Å²) in [5, 5.41) is 9.30. The second-order valence-corrected chi connectivity index (χ2v) is 6.41. The number of nitrogens with one attached hydrogen (secondary N) is 1. The number of carboxylic acid groups (broad SMARTS) is 1. The maximum absolute atomic E-state index is 12.1. The second-order valence-electron chi connectivity index (χ2n) is 5.21. The number of carboxylic acids is 1. The summed E-state index contributed by atoms with van der Waals surface area (Å²) in [4.78, 5) is 33.8. The van der Waals surface area contributed by atoms with Gasteiger partial charge in [0.25, 0.3) is 5.56 Å². The Kier molecular flexibility index (Phi) is 4.74. The Morgan fingerprint density at radius 2 is 2.14 bits per heavy atom. The van der Waals surface area contributed by atoms with Gasteiger partial charge in [0.05, 0.1) is 11.9 Å². The van der Waals surface area contributed by atoms with Crippen LogP contribution in [0.4, 0.5) is 0 Å². The zero-order valence-electron chi connectivity index (χ0n) is 12.4. The van der Waals surface area contributed by atoms with E-state index >= 15 is 0 Å². The van der Waals surface area contributed by atoms with E-state index < -0.39 is 5.97 Å². The minimum atomic E-state index is -0.791. The number of aromatic amines is 1. The molecule has 21 heavy (non-hydrogen) atoms. The number of fused-ring (bicyclic) bond motifs is 1. The number of H-pyrrole nitrogens is 1. The number of aromatic nitrogens is 2. The van der Waals surface area contributed by atoms with Crippen LogP contribution in [-0.4, -0.2) is 39.5 Å². The van der Waals surface area contributed by atoms with E-state index in [9.17, 15) is 9.59 Å². The van der Waals surface area contributed by atoms with Gasteiger partial charge in [-0.25, -0.2) is 4.98 Å². The molecule has 0 atom stereocenters. The van der Waals surface area contributed by atoms with Crippen molar-refractivity contribution in [2.75, 3.05) is 13.6 Å². The molecule has 7 heteroatoms. The van der Waals surface area contributed by atoms with E-state index in [0.717, 1.165) is 15.3 Å². The highest BCUT2D eigenvalue weighted by Gasteiger charge is 2.12. The van der Waals surface area contributed by atoms with E-state index in [0.29, 0.717) is 30.7 Å². The maximum atomic E-state index is 12.1. The fourth-order valence-electron chi connectivity index (χ4n) is 2.21. The van der Waals surface area contributed by atoms with Crippen molar-refractivity contribution in [3.05, 3.63) is 26.6 Å². The molecular formula is C14H19N3O3S. The molecule has 0 saturated carbocycles. The average Bonchev–Trinajstić information content (AvgIpc) is 2.64. The SMILES string of the molecule is Cc1sc2nc(CN(C)CCCC(=O)O)[nH]c(=O)c2c1C. The fourth-order valence-corrected chi connectivity index (χ4v) is 3.26. The van der Waals surface area contributed by atoms with Crippen LogP contribution in [0.25, 0.3) is 10.2 Å². The fraction of sp³-hybridized carbons (Fsp3) is 0.500. The highest BCUT2D eigenvalue weighted by molar-refractivity contribution is 7.18. The summed E-state index contributed by atoms with van der Waals surface area (Å²) in [6.45, 7) is 5.07. The predicted molar refractivity (Wildman–Crippen MR) is 82.9 cm³/mol. The molecule has 0 fully saturated rings. The number of hydrogen-bond acceptors (Lipinski definition) is 5. The molecule has 2 aromatic rings. The molecule has 0 aliphatic carbocycles. The van der Waals surface area contributed by atoms with Gasteiger partial charge < -0.3 is 10.1 Å². The molecule has 2 aromatic heterocycles. The van der Waals surface area contributed by atoms with Crippen LogP contribution >= 0.6 is 11.3 Å². The van der Waals surface area contributed by atoms with Crippen LogP contribution in [0.15, 0.2) is 4.79 Å². The third kappa shape index (κ3) is 3.68. The first-order valence-corrected chi connectivity index (χ1v) is 7.59. The molecule has 0 bridgehead atoms. The number of aliphatic carboxylic acids is 1. The summed E-state index contributed by atoms with van der Waals surface area (Å²) in [5.41, 5.74) is 0.890. The molecule has 0 aliphatic heterocycles. The molecule has 2 heterocycles. The Labute approximate surface area is 126 Å². The molecule has 2 N–H and O–H groups in total. The topological polar surface area (TPSA) is 86.3 Å². The minimum Gasteiger partial charge on any atom is -0.481 e. The lowest BCUT2D eigenvalue weighted by Crippen LogP contribution is -2.23.